The summed E-state index contributed by atoms with van der Waals surface area (Å²) in [5.74, 6) is 2.29. The highest BCUT2D eigenvalue weighted by Gasteiger charge is 2.20. The molecule has 0 spiro atoms. The van der Waals surface area contributed by atoms with Crippen LogP contribution in [0, 0.1) is 5.41 Å². The van der Waals surface area contributed by atoms with E-state index in [1.807, 2.05) is 23.1 Å². The van der Waals surface area contributed by atoms with Crippen LogP contribution >= 0.6 is 0 Å². The maximum atomic E-state index is 7.93. The van der Waals surface area contributed by atoms with Gasteiger partial charge in [0, 0.05) is 24.7 Å². The number of fused-ring (bicyclic) bond motifs is 1. The summed E-state index contributed by atoms with van der Waals surface area (Å²) < 4.78 is 10.6. The highest BCUT2D eigenvalue weighted by atomic mass is 16.7. The average Bonchev–Trinajstić information content (AvgIpc) is 2.76. The van der Waals surface area contributed by atoms with E-state index < -0.39 is 0 Å². The Kier molecular flexibility index (Phi) is 2.20. The van der Waals surface area contributed by atoms with Gasteiger partial charge in [0.15, 0.2) is 11.5 Å². The Hall–Kier alpha value is -1.71. The van der Waals surface area contributed by atoms with Gasteiger partial charge in [-0.15, -0.1) is 0 Å². The molecule has 2 aliphatic rings. The molecule has 1 fully saturated rings. The lowest BCUT2D eigenvalue weighted by Gasteiger charge is -2.29. The lowest BCUT2D eigenvalue weighted by Crippen LogP contribution is -2.34. The van der Waals surface area contributed by atoms with E-state index in [0.717, 1.165) is 43.0 Å². The number of nitrogens with zero attached hydrogens (tertiary/aromatic N) is 1. The molecule has 84 valence electrons. The molecule has 1 aromatic carbocycles. The number of hydrogen-bond donors (Lipinski definition) is 1. The highest BCUT2D eigenvalue weighted by Crippen LogP contribution is 2.36. The lowest BCUT2D eigenvalue weighted by atomic mass is 10.1. The smallest absolute Gasteiger partial charge is 0.231 e. The fourth-order valence-electron chi connectivity index (χ4n) is 2.17. The SMILES string of the molecule is N=C1CCCCN1c1ccc2c(c1)OCO2. The first kappa shape index (κ1) is 9.51. The molecule has 2 heterocycles. The Bertz CT molecular complexity index is 431. The largest absolute Gasteiger partial charge is 0.454 e. The molecule has 2 aliphatic heterocycles. The fraction of sp³-hybridized carbons (Fsp3) is 0.417. The molecule has 0 saturated carbocycles. The molecule has 0 bridgehead atoms. The summed E-state index contributed by atoms with van der Waals surface area (Å²) in [6.45, 7) is 1.23. The number of benzene rings is 1. The summed E-state index contributed by atoms with van der Waals surface area (Å²) in [5.41, 5.74) is 1.04. The third kappa shape index (κ3) is 1.50. The van der Waals surface area contributed by atoms with Crippen LogP contribution in [0.15, 0.2) is 18.2 Å². The molecule has 16 heavy (non-hydrogen) atoms. The van der Waals surface area contributed by atoms with E-state index in [4.69, 9.17) is 14.9 Å². The van der Waals surface area contributed by atoms with Crippen LogP contribution in [0.25, 0.3) is 0 Å². The maximum absolute atomic E-state index is 7.93. The summed E-state index contributed by atoms with van der Waals surface area (Å²) in [7, 11) is 0. The van der Waals surface area contributed by atoms with Crippen LogP contribution < -0.4 is 14.4 Å². The summed E-state index contributed by atoms with van der Waals surface area (Å²) in [6.07, 6.45) is 3.14. The average molecular weight is 218 g/mol. The fourth-order valence-corrected chi connectivity index (χ4v) is 2.17. The van der Waals surface area contributed by atoms with Crippen molar-refractivity contribution in [3.63, 3.8) is 0 Å². The zero-order valence-corrected chi connectivity index (χ0v) is 9.03. The minimum atomic E-state index is 0.302. The number of anilines is 1. The zero-order chi connectivity index (χ0) is 11.0. The van der Waals surface area contributed by atoms with Crippen LogP contribution in [0.4, 0.5) is 5.69 Å². The molecule has 0 radical (unpaired) electrons. The third-order valence-corrected chi connectivity index (χ3v) is 3.04. The molecule has 4 heteroatoms. The van der Waals surface area contributed by atoms with Crippen molar-refractivity contribution in [2.75, 3.05) is 18.2 Å². The van der Waals surface area contributed by atoms with Crippen molar-refractivity contribution < 1.29 is 9.47 Å². The van der Waals surface area contributed by atoms with E-state index in [0.29, 0.717) is 12.6 Å². The Morgan fingerprint density at radius 2 is 2.00 bits per heavy atom. The van der Waals surface area contributed by atoms with Gasteiger partial charge < -0.3 is 14.4 Å². The summed E-state index contributed by atoms with van der Waals surface area (Å²) in [5, 5.41) is 7.93. The molecule has 0 amide bonds. The predicted molar refractivity (Wildman–Crippen MR) is 61.5 cm³/mol. The molecule has 3 rings (SSSR count). The number of hydrogen-bond acceptors (Lipinski definition) is 3. The van der Waals surface area contributed by atoms with Crippen molar-refractivity contribution in [2.45, 2.75) is 19.3 Å². The first-order chi connectivity index (χ1) is 7.84. The summed E-state index contributed by atoms with van der Waals surface area (Å²) in [4.78, 5) is 2.05. The van der Waals surface area contributed by atoms with E-state index in [9.17, 15) is 0 Å². The third-order valence-electron chi connectivity index (χ3n) is 3.04. The van der Waals surface area contributed by atoms with E-state index in [-0.39, 0.29) is 0 Å². The minimum Gasteiger partial charge on any atom is -0.454 e. The Morgan fingerprint density at radius 3 is 2.88 bits per heavy atom. The minimum absolute atomic E-state index is 0.302. The molecule has 0 aliphatic carbocycles. The van der Waals surface area contributed by atoms with Gasteiger partial charge in [-0.2, -0.15) is 0 Å². The van der Waals surface area contributed by atoms with E-state index in [2.05, 4.69) is 0 Å². The van der Waals surface area contributed by atoms with E-state index >= 15 is 0 Å². The second-order valence-electron chi connectivity index (χ2n) is 4.09. The van der Waals surface area contributed by atoms with Gasteiger partial charge in [-0.25, -0.2) is 0 Å². The molecule has 4 nitrogen and oxygen atoms in total. The van der Waals surface area contributed by atoms with Crippen molar-refractivity contribution in [3.8, 4) is 11.5 Å². The van der Waals surface area contributed by atoms with Crippen LogP contribution in [0.1, 0.15) is 19.3 Å². The number of amidine groups is 1. The zero-order valence-electron chi connectivity index (χ0n) is 9.03. The first-order valence-corrected chi connectivity index (χ1v) is 5.59. The van der Waals surface area contributed by atoms with E-state index in [1.54, 1.807) is 0 Å². The van der Waals surface area contributed by atoms with Crippen LogP contribution in [0.3, 0.4) is 0 Å². The van der Waals surface area contributed by atoms with Crippen LogP contribution in [0.5, 0.6) is 11.5 Å². The second kappa shape index (κ2) is 3.70. The molecule has 1 N–H and O–H groups in total. The van der Waals surface area contributed by atoms with Crippen molar-refractivity contribution in [2.24, 2.45) is 0 Å². The topological polar surface area (TPSA) is 45.6 Å². The number of rotatable bonds is 1. The van der Waals surface area contributed by atoms with Crippen molar-refractivity contribution >= 4 is 11.5 Å². The number of ether oxygens (including phenoxy) is 2. The van der Waals surface area contributed by atoms with Gasteiger partial charge in [0.2, 0.25) is 6.79 Å². The summed E-state index contributed by atoms with van der Waals surface area (Å²) in [6, 6.07) is 5.87. The first-order valence-electron chi connectivity index (χ1n) is 5.59. The Morgan fingerprint density at radius 1 is 1.12 bits per heavy atom. The van der Waals surface area contributed by atoms with Crippen LogP contribution in [0.2, 0.25) is 0 Å². The molecule has 0 atom stereocenters. The van der Waals surface area contributed by atoms with Gasteiger partial charge in [0.1, 0.15) is 5.84 Å². The van der Waals surface area contributed by atoms with Gasteiger partial charge in [0.05, 0.1) is 0 Å². The molecule has 1 aromatic rings. The maximum Gasteiger partial charge on any atom is 0.231 e. The van der Waals surface area contributed by atoms with Gasteiger partial charge in [-0.05, 0) is 25.0 Å². The van der Waals surface area contributed by atoms with Crippen LogP contribution in [-0.4, -0.2) is 19.2 Å². The van der Waals surface area contributed by atoms with Crippen LogP contribution in [-0.2, 0) is 0 Å². The van der Waals surface area contributed by atoms with Gasteiger partial charge >= 0.3 is 0 Å². The highest BCUT2D eigenvalue weighted by molar-refractivity contribution is 5.96. The quantitative estimate of drug-likeness (QED) is 0.787. The van der Waals surface area contributed by atoms with Crippen molar-refractivity contribution in [3.05, 3.63) is 18.2 Å². The van der Waals surface area contributed by atoms with Crippen molar-refractivity contribution in [1.29, 1.82) is 5.41 Å². The lowest BCUT2D eigenvalue weighted by molar-refractivity contribution is 0.174. The van der Waals surface area contributed by atoms with Crippen molar-refractivity contribution in [1.82, 2.24) is 0 Å². The van der Waals surface area contributed by atoms with Gasteiger partial charge in [-0.1, -0.05) is 0 Å². The molecule has 1 saturated heterocycles. The number of piperidine rings is 1. The van der Waals surface area contributed by atoms with Gasteiger partial charge in [-0.3, -0.25) is 5.41 Å². The van der Waals surface area contributed by atoms with Gasteiger partial charge in [0.25, 0.3) is 0 Å². The van der Waals surface area contributed by atoms with E-state index in [1.165, 1.54) is 0 Å². The Balaban J connectivity index is 1.91. The Labute approximate surface area is 94.3 Å². The number of nitrogens with one attached hydrogen (secondary N) is 1. The second-order valence-corrected chi connectivity index (χ2v) is 4.09. The molecular formula is C12H14N2O2. The molecule has 0 aromatic heterocycles. The molecule has 0 unspecified atom stereocenters. The predicted octanol–water partition coefficient (Wildman–Crippen LogP) is 2.38. The summed E-state index contributed by atoms with van der Waals surface area (Å²) >= 11 is 0. The normalized spacial score (nSPS) is 19.0. The molecular weight excluding hydrogens is 204 g/mol. The standard InChI is InChI=1S/C12H14N2O2/c13-12-3-1-2-6-14(12)9-4-5-10-11(7-9)16-8-15-10/h4-5,7,13H,1-3,6,8H2. The monoisotopic (exact) mass is 218 g/mol.